The molecule has 1 aliphatic carbocycles. The highest BCUT2D eigenvalue weighted by Crippen LogP contribution is 2.32. The van der Waals surface area contributed by atoms with Crippen molar-refractivity contribution in [3.05, 3.63) is 52.8 Å². The molecule has 1 saturated carbocycles. The predicted molar refractivity (Wildman–Crippen MR) is 94.6 cm³/mol. The van der Waals surface area contributed by atoms with Crippen LogP contribution < -0.4 is 5.32 Å². The molecule has 2 aromatic heterocycles. The van der Waals surface area contributed by atoms with E-state index >= 15 is 0 Å². The van der Waals surface area contributed by atoms with Crippen LogP contribution in [0.5, 0.6) is 0 Å². The van der Waals surface area contributed by atoms with Crippen molar-refractivity contribution in [2.24, 2.45) is 5.92 Å². The molecule has 1 aromatic carbocycles. The van der Waals surface area contributed by atoms with Gasteiger partial charge in [-0.2, -0.15) is 5.10 Å². The van der Waals surface area contributed by atoms with Gasteiger partial charge in [0.2, 0.25) is 0 Å². The van der Waals surface area contributed by atoms with E-state index in [2.05, 4.69) is 15.6 Å². The van der Waals surface area contributed by atoms with E-state index < -0.39 is 0 Å². The number of nitrogens with zero attached hydrogens (tertiary/aromatic N) is 3. The third-order valence-corrected chi connectivity index (χ3v) is 4.59. The molecule has 0 unspecified atom stereocenters. The summed E-state index contributed by atoms with van der Waals surface area (Å²) in [6.45, 7) is 2.75. The molecule has 0 aliphatic heterocycles. The Morgan fingerprint density at radius 2 is 2.20 bits per heavy atom. The highest BCUT2D eigenvalue weighted by Gasteiger charge is 2.24. The fourth-order valence-corrected chi connectivity index (χ4v) is 2.90. The molecule has 0 atom stereocenters. The maximum absolute atomic E-state index is 12.5. The summed E-state index contributed by atoms with van der Waals surface area (Å²) in [6.07, 6.45) is 4.20. The monoisotopic (exact) mass is 356 g/mol. The Morgan fingerprint density at radius 1 is 1.40 bits per heavy atom. The van der Waals surface area contributed by atoms with Gasteiger partial charge in [-0.15, -0.1) is 0 Å². The first-order valence-electron chi connectivity index (χ1n) is 8.17. The van der Waals surface area contributed by atoms with E-state index in [1.54, 1.807) is 18.3 Å². The van der Waals surface area contributed by atoms with Crippen molar-refractivity contribution in [2.45, 2.75) is 26.3 Å². The maximum atomic E-state index is 12.5. The van der Waals surface area contributed by atoms with E-state index in [-0.39, 0.29) is 11.6 Å². The molecule has 0 spiro atoms. The Balaban J connectivity index is 1.54. The molecule has 3 aromatic rings. The lowest BCUT2D eigenvalue weighted by molar-refractivity contribution is 0.101. The van der Waals surface area contributed by atoms with Gasteiger partial charge in [0.1, 0.15) is 5.82 Å². The zero-order valence-electron chi connectivity index (χ0n) is 13.7. The summed E-state index contributed by atoms with van der Waals surface area (Å²) >= 11 is 6.16. The average molecular weight is 357 g/mol. The number of nitrogens with one attached hydrogen (secondary N) is 1. The number of aromatic nitrogens is 3. The Bertz CT molecular complexity index is 927. The maximum Gasteiger partial charge on any atom is 0.279 e. The minimum Gasteiger partial charge on any atom is -0.355 e. The van der Waals surface area contributed by atoms with Gasteiger partial charge in [-0.05, 0) is 37.8 Å². The van der Waals surface area contributed by atoms with E-state index in [4.69, 9.17) is 16.1 Å². The van der Waals surface area contributed by atoms with Crippen molar-refractivity contribution >= 4 is 23.3 Å². The van der Waals surface area contributed by atoms with Gasteiger partial charge >= 0.3 is 0 Å². The van der Waals surface area contributed by atoms with Gasteiger partial charge in [-0.1, -0.05) is 28.9 Å². The quantitative estimate of drug-likeness (QED) is 0.744. The molecule has 6 nitrogen and oxygen atoms in total. The number of halogens is 1. The molecule has 1 aliphatic rings. The number of anilines is 1. The molecule has 2 heterocycles. The van der Waals surface area contributed by atoms with Gasteiger partial charge in [-0.25, -0.2) is 4.68 Å². The second-order valence-electron chi connectivity index (χ2n) is 6.31. The van der Waals surface area contributed by atoms with Crippen LogP contribution in [0.1, 0.15) is 28.9 Å². The first-order valence-corrected chi connectivity index (χ1v) is 8.55. The largest absolute Gasteiger partial charge is 0.355 e. The van der Waals surface area contributed by atoms with E-state index in [0.717, 1.165) is 12.1 Å². The molecule has 0 bridgehead atoms. The molecule has 0 radical (unpaired) electrons. The number of benzene rings is 1. The van der Waals surface area contributed by atoms with Crippen molar-refractivity contribution in [1.29, 1.82) is 0 Å². The number of aryl methyl sites for hydroxylation is 1. The third kappa shape index (κ3) is 3.30. The molecule has 7 heteroatoms. The lowest BCUT2D eigenvalue weighted by Crippen LogP contribution is -2.17. The van der Waals surface area contributed by atoms with Crippen LogP contribution in [0.4, 0.5) is 5.82 Å². The zero-order valence-corrected chi connectivity index (χ0v) is 14.5. The fourth-order valence-electron chi connectivity index (χ4n) is 2.67. The van der Waals surface area contributed by atoms with Crippen molar-refractivity contribution < 1.29 is 9.32 Å². The summed E-state index contributed by atoms with van der Waals surface area (Å²) in [6, 6.07) is 8.86. The second kappa shape index (κ2) is 6.37. The third-order valence-electron chi connectivity index (χ3n) is 4.26. The van der Waals surface area contributed by atoms with Crippen LogP contribution in [0.2, 0.25) is 5.02 Å². The van der Waals surface area contributed by atoms with Gasteiger partial charge in [0.05, 0.1) is 11.2 Å². The van der Waals surface area contributed by atoms with Crippen LogP contribution >= 0.6 is 11.6 Å². The van der Waals surface area contributed by atoms with Gasteiger partial charge in [-0.3, -0.25) is 4.79 Å². The number of carbonyl (C=O) groups is 1. The van der Waals surface area contributed by atoms with Gasteiger partial charge in [0, 0.05) is 23.7 Å². The molecule has 0 saturated heterocycles. The molecule has 25 heavy (non-hydrogen) atoms. The molecule has 1 amide bonds. The lowest BCUT2D eigenvalue weighted by atomic mass is 10.1. The van der Waals surface area contributed by atoms with Crippen LogP contribution in [-0.4, -0.2) is 20.8 Å². The Morgan fingerprint density at radius 3 is 2.96 bits per heavy atom. The Hall–Kier alpha value is -2.60. The van der Waals surface area contributed by atoms with Crippen LogP contribution in [0, 0.1) is 12.8 Å². The highest BCUT2D eigenvalue weighted by atomic mass is 35.5. The SMILES string of the molecule is Cc1cnn(CC2CC2)c1NC(=O)c1cc(-c2ccccc2Cl)on1. The number of carbonyl (C=O) groups excluding carboxylic acids is 1. The van der Waals surface area contributed by atoms with E-state index in [1.807, 2.05) is 29.8 Å². The van der Waals surface area contributed by atoms with Gasteiger partial charge in [0.15, 0.2) is 11.5 Å². The van der Waals surface area contributed by atoms with E-state index in [9.17, 15) is 4.79 Å². The Labute approximate surface area is 149 Å². The summed E-state index contributed by atoms with van der Waals surface area (Å²) < 4.78 is 7.14. The number of hydrogen-bond donors (Lipinski definition) is 1. The number of rotatable bonds is 5. The molecule has 128 valence electrons. The first-order chi connectivity index (χ1) is 12.1. The van der Waals surface area contributed by atoms with Crippen molar-refractivity contribution in [2.75, 3.05) is 5.32 Å². The minimum atomic E-state index is -0.331. The van der Waals surface area contributed by atoms with E-state index in [0.29, 0.717) is 28.1 Å². The van der Waals surface area contributed by atoms with E-state index in [1.165, 1.54) is 12.8 Å². The fraction of sp³-hybridized carbons (Fsp3) is 0.278. The molecule has 1 N–H and O–H groups in total. The van der Waals surface area contributed by atoms with Crippen molar-refractivity contribution in [3.63, 3.8) is 0 Å². The van der Waals surface area contributed by atoms with Crippen LogP contribution in [0.3, 0.4) is 0 Å². The summed E-state index contributed by atoms with van der Waals surface area (Å²) in [5.74, 6) is 1.50. The average Bonchev–Trinajstić information content (AvgIpc) is 3.17. The summed E-state index contributed by atoms with van der Waals surface area (Å²) in [5.41, 5.74) is 1.82. The van der Waals surface area contributed by atoms with Gasteiger partial charge in [0.25, 0.3) is 5.91 Å². The van der Waals surface area contributed by atoms with Crippen LogP contribution in [-0.2, 0) is 6.54 Å². The molecular weight excluding hydrogens is 340 g/mol. The van der Waals surface area contributed by atoms with Crippen LogP contribution in [0.15, 0.2) is 41.1 Å². The van der Waals surface area contributed by atoms with Crippen molar-refractivity contribution in [1.82, 2.24) is 14.9 Å². The van der Waals surface area contributed by atoms with Gasteiger partial charge < -0.3 is 9.84 Å². The summed E-state index contributed by atoms with van der Waals surface area (Å²) in [5, 5.41) is 11.7. The predicted octanol–water partition coefficient (Wildman–Crippen LogP) is 4.16. The minimum absolute atomic E-state index is 0.202. The number of hydrogen-bond acceptors (Lipinski definition) is 4. The smallest absolute Gasteiger partial charge is 0.279 e. The summed E-state index contributed by atoms with van der Waals surface area (Å²) in [7, 11) is 0. The number of amides is 1. The zero-order chi connectivity index (χ0) is 17.4. The lowest BCUT2D eigenvalue weighted by Gasteiger charge is -2.08. The standard InChI is InChI=1S/C18H17ClN4O2/c1-11-9-20-23(10-12-6-7-12)17(11)21-18(24)15-8-16(25-22-15)13-4-2-3-5-14(13)19/h2-5,8-9,12H,6-7,10H2,1H3,(H,21,24). The summed E-state index contributed by atoms with van der Waals surface area (Å²) in [4.78, 5) is 12.5. The highest BCUT2D eigenvalue weighted by molar-refractivity contribution is 6.33. The topological polar surface area (TPSA) is 73.0 Å². The van der Waals surface area contributed by atoms with Crippen molar-refractivity contribution in [3.8, 4) is 11.3 Å². The second-order valence-corrected chi connectivity index (χ2v) is 6.72. The molecule has 4 rings (SSSR count). The molecular formula is C18H17ClN4O2. The van der Waals surface area contributed by atoms with Crippen LogP contribution in [0.25, 0.3) is 11.3 Å². The first kappa shape index (κ1) is 15.9. The Kier molecular flexibility index (Phi) is 4.05. The molecule has 1 fully saturated rings. The normalized spacial score (nSPS) is 13.8.